The summed E-state index contributed by atoms with van der Waals surface area (Å²) >= 11 is 0. The second kappa shape index (κ2) is 29.4. The summed E-state index contributed by atoms with van der Waals surface area (Å²) in [6.07, 6.45) is -34.5. The molecule has 28 atom stereocenters. The van der Waals surface area contributed by atoms with Crippen LogP contribution in [0.3, 0.4) is 0 Å². The highest BCUT2D eigenvalue weighted by molar-refractivity contribution is 5.07. The van der Waals surface area contributed by atoms with Crippen molar-refractivity contribution in [3.63, 3.8) is 0 Å². The number of hydrogen-bond donors (Lipinski definition) is 16. The standard InChI is InChI=1S/C49H82O28/c1-19(9-7-11-21(3)16-67-49-43(35(61)33(59)27(15-51)73-49)77-47-39(65)41(29(55)23(5)71-47)75-45-37(63)31(57)25(53)18-69-45)8-6-10-20(2)12-13-66-48-42(34(60)32(58)26(14-50)72-48)76-46-38(64)40(28(54)22(4)70-46)74-44-36(62)30(56)24(52)17-68-44/h8,11-12,22-65H,6-7,9-10,13-18H2,1-5H3/b19-8+,20-12+,21-11+/t22-,23-,24-,25-,26+,27+,28-,29-,30-,31-,32+,33+,34-,35-,36+,37+,38+,39+,40+,41+,42+,43+,44-,45-,46-,47-,48+,49+/m0/s1. The molecule has 0 aromatic carbocycles. The van der Waals surface area contributed by atoms with E-state index < -0.39 is 198 Å². The van der Waals surface area contributed by atoms with Gasteiger partial charge in [0.05, 0.1) is 51.8 Å². The van der Waals surface area contributed by atoms with Gasteiger partial charge in [0.1, 0.15) is 122 Å². The van der Waals surface area contributed by atoms with Gasteiger partial charge in [0.15, 0.2) is 37.7 Å². The molecule has 0 radical (unpaired) electrons. The van der Waals surface area contributed by atoms with Gasteiger partial charge >= 0.3 is 0 Å². The lowest BCUT2D eigenvalue weighted by Gasteiger charge is -2.47. The maximum Gasteiger partial charge on any atom is 0.187 e. The zero-order valence-corrected chi connectivity index (χ0v) is 43.5. The van der Waals surface area contributed by atoms with Crippen LogP contribution < -0.4 is 0 Å². The maximum absolute atomic E-state index is 11.3. The first kappa shape index (κ1) is 64.3. The highest BCUT2D eigenvalue weighted by Gasteiger charge is 2.55. The van der Waals surface area contributed by atoms with Gasteiger partial charge in [-0.25, -0.2) is 0 Å². The summed E-state index contributed by atoms with van der Waals surface area (Å²) in [5.74, 6) is 0. The molecule has 16 N–H and O–H groups in total. The van der Waals surface area contributed by atoms with Crippen LogP contribution in [0.1, 0.15) is 60.3 Å². The molecule has 6 saturated heterocycles. The van der Waals surface area contributed by atoms with Gasteiger partial charge in [-0.2, -0.15) is 0 Å². The van der Waals surface area contributed by atoms with Crippen LogP contribution in [0.15, 0.2) is 34.9 Å². The van der Waals surface area contributed by atoms with Gasteiger partial charge in [0.25, 0.3) is 0 Å². The van der Waals surface area contributed by atoms with E-state index >= 15 is 0 Å². The van der Waals surface area contributed by atoms with E-state index in [1.165, 1.54) is 13.8 Å². The molecule has 0 amide bonds. The van der Waals surface area contributed by atoms with Crippen LogP contribution in [0.2, 0.25) is 0 Å². The van der Waals surface area contributed by atoms with Gasteiger partial charge in [0, 0.05) is 0 Å². The third-order valence-corrected chi connectivity index (χ3v) is 14.5. The highest BCUT2D eigenvalue weighted by atomic mass is 16.8. The summed E-state index contributed by atoms with van der Waals surface area (Å²) in [6.45, 7) is 6.23. The van der Waals surface area contributed by atoms with E-state index in [1.807, 2.05) is 19.9 Å². The first-order chi connectivity index (χ1) is 36.5. The first-order valence-electron chi connectivity index (χ1n) is 25.9. The molecule has 28 nitrogen and oxygen atoms in total. The summed E-state index contributed by atoms with van der Waals surface area (Å²) in [7, 11) is 0. The van der Waals surface area contributed by atoms with Crippen molar-refractivity contribution in [1.29, 1.82) is 0 Å². The van der Waals surface area contributed by atoms with E-state index in [2.05, 4.69) is 6.08 Å². The van der Waals surface area contributed by atoms with Crippen molar-refractivity contribution in [2.24, 2.45) is 0 Å². The van der Waals surface area contributed by atoms with E-state index in [0.29, 0.717) is 25.7 Å². The van der Waals surface area contributed by atoms with Crippen molar-refractivity contribution in [2.75, 3.05) is 39.6 Å². The Kier molecular flexibility index (Phi) is 24.5. The Balaban J connectivity index is 0.975. The molecule has 28 heteroatoms. The molecule has 0 aliphatic carbocycles. The molecule has 6 aliphatic heterocycles. The number of allylic oxidation sites excluding steroid dienone is 4. The van der Waals surface area contributed by atoms with Crippen LogP contribution in [-0.2, 0) is 56.8 Å². The molecule has 0 aromatic heterocycles. The van der Waals surface area contributed by atoms with E-state index in [-0.39, 0.29) is 13.2 Å². The van der Waals surface area contributed by atoms with Gasteiger partial charge in [-0.05, 0) is 60.3 Å². The van der Waals surface area contributed by atoms with E-state index in [9.17, 15) is 81.7 Å². The minimum Gasteiger partial charge on any atom is -0.394 e. The second-order valence-electron chi connectivity index (χ2n) is 20.6. The number of rotatable bonds is 22. The molecule has 0 aromatic rings. The van der Waals surface area contributed by atoms with Crippen LogP contribution in [-0.4, -0.2) is 293 Å². The van der Waals surface area contributed by atoms with Crippen molar-refractivity contribution in [2.45, 2.75) is 232 Å². The van der Waals surface area contributed by atoms with E-state index in [4.69, 9.17) is 56.8 Å². The SMILES string of the molecule is C/C(=C\CC/C(C)=C/CO[C@@H]1O[C@H](CO)[C@@H](O)[C@H](O)[C@H]1O[C@@H]1O[C@@H](C)[C@H](O)[C@@H](O[C@@H]2OC[C@H](O)[C@H](O)[C@H]2O)[C@H]1O)CC/C=C(\C)CO[C@@H]1O[C@H](CO)[C@@H](O)[C@H](O)[C@H]1O[C@@H]1O[C@@H](C)[C@H](O)[C@@H](O[C@@H]2OC[C@H](O)[C@H](O)[C@H]2O)[C@H]1O. The number of aliphatic hydroxyl groups excluding tert-OH is 16. The van der Waals surface area contributed by atoms with Crippen LogP contribution in [0, 0.1) is 0 Å². The lowest BCUT2D eigenvalue weighted by molar-refractivity contribution is -0.378. The van der Waals surface area contributed by atoms with Gasteiger partial charge in [-0.3, -0.25) is 0 Å². The van der Waals surface area contributed by atoms with E-state index in [1.54, 1.807) is 13.0 Å². The number of hydrogen-bond acceptors (Lipinski definition) is 28. The molecule has 6 fully saturated rings. The molecule has 6 heterocycles. The van der Waals surface area contributed by atoms with E-state index in [0.717, 1.165) is 16.7 Å². The Morgan fingerprint density at radius 1 is 0.403 bits per heavy atom. The minimum absolute atomic E-state index is 0.0458. The molecule has 0 spiro atoms. The second-order valence-corrected chi connectivity index (χ2v) is 20.6. The topological polar surface area (TPSA) is 434 Å². The first-order valence-corrected chi connectivity index (χ1v) is 25.9. The molecule has 6 rings (SSSR count). The molecule has 77 heavy (non-hydrogen) atoms. The number of ether oxygens (including phenoxy) is 12. The minimum atomic E-state index is -1.80. The quantitative estimate of drug-likeness (QED) is 0.0448. The number of aliphatic hydroxyl groups is 16. The summed E-state index contributed by atoms with van der Waals surface area (Å²) < 4.78 is 68.6. The average Bonchev–Trinajstić information content (AvgIpc) is 3.41. The molecule has 6 aliphatic rings. The van der Waals surface area contributed by atoms with Gasteiger partial charge in [0.2, 0.25) is 0 Å². The van der Waals surface area contributed by atoms with Crippen molar-refractivity contribution in [3.05, 3.63) is 34.9 Å². The Morgan fingerprint density at radius 2 is 0.792 bits per heavy atom. The smallest absolute Gasteiger partial charge is 0.187 e. The molecular formula is C49H82O28. The predicted molar refractivity (Wildman–Crippen MR) is 255 cm³/mol. The Bertz CT molecular complexity index is 1880. The fraction of sp³-hybridized carbons (Fsp3) is 0.878. The molecule has 446 valence electrons. The Morgan fingerprint density at radius 3 is 1.22 bits per heavy atom. The molecule has 0 bridgehead atoms. The zero-order chi connectivity index (χ0) is 56.6. The largest absolute Gasteiger partial charge is 0.394 e. The summed E-state index contributed by atoms with van der Waals surface area (Å²) in [6, 6.07) is 0. The summed E-state index contributed by atoms with van der Waals surface area (Å²) in [4.78, 5) is 0. The van der Waals surface area contributed by atoms with Crippen molar-refractivity contribution >= 4 is 0 Å². The average molecular weight is 1120 g/mol. The predicted octanol–water partition coefficient (Wildman–Crippen LogP) is -6.35. The normalized spacial score (nSPS) is 46.8. The zero-order valence-electron chi connectivity index (χ0n) is 43.5. The Labute approximate surface area is 444 Å². The fourth-order valence-electron chi connectivity index (χ4n) is 9.48. The van der Waals surface area contributed by atoms with Crippen LogP contribution in [0.4, 0.5) is 0 Å². The lowest BCUT2D eigenvalue weighted by Crippen LogP contribution is -2.65. The third-order valence-electron chi connectivity index (χ3n) is 14.5. The van der Waals surface area contributed by atoms with Crippen LogP contribution >= 0.6 is 0 Å². The van der Waals surface area contributed by atoms with Crippen molar-refractivity contribution in [3.8, 4) is 0 Å². The third kappa shape index (κ3) is 16.0. The van der Waals surface area contributed by atoms with Crippen molar-refractivity contribution in [1.82, 2.24) is 0 Å². The fourth-order valence-corrected chi connectivity index (χ4v) is 9.48. The monoisotopic (exact) mass is 1120 g/mol. The van der Waals surface area contributed by atoms with Gasteiger partial charge < -0.3 is 139 Å². The lowest BCUT2D eigenvalue weighted by atomic mass is 9.97. The highest BCUT2D eigenvalue weighted by Crippen LogP contribution is 2.35. The van der Waals surface area contributed by atoms with Gasteiger partial charge in [-0.15, -0.1) is 0 Å². The van der Waals surface area contributed by atoms with Gasteiger partial charge in [-0.1, -0.05) is 34.9 Å². The van der Waals surface area contributed by atoms with Crippen molar-refractivity contribution < 1.29 is 139 Å². The molecular weight excluding hydrogens is 1040 g/mol. The molecule has 0 saturated carbocycles. The Hall–Kier alpha value is -1.90. The summed E-state index contributed by atoms with van der Waals surface area (Å²) in [5, 5.41) is 168. The van der Waals surface area contributed by atoms with Crippen LogP contribution in [0.25, 0.3) is 0 Å². The van der Waals surface area contributed by atoms with Crippen LogP contribution in [0.5, 0.6) is 0 Å². The maximum atomic E-state index is 11.3. The summed E-state index contributed by atoms with van der Waals surface area (Å²) in [5.41, 5.74) is 2.75. The molecule has 0 unspecified atom stereocenters.